The minimum Gasteiger partial charge on any atom is -0.481 e. The fourth-order valence-electron chi connectivity index (χ4n) is 3.37. The summed E-state index contributed by atoms with van der Waals surface area (Å²) in [6.07, 6.45) is 0.00199. The predicted molar refractivity (Wildman–Crippen MR) is 97.3 cm³/mol. The van der Waals surface area contributed by atoms with Gasteiger partial charge < -0.3 is 10.1 Å². The smallest absolute Gasteiger partial charge is 0.307 e. The number of aromatic nitrogens is 1. The number of hydrogen-bond acceptors (Lipinski definition) is 1. The second kappa shape index (κ2) is 5.53. The minimum absolute atomic E-state index is 0.00199. The van der Waals surface area contributed by atoms with Crippen molar-refractivity contribution < 1.29 is 9.90 Å². The normalized spacial score (nSPS) is 11.2. The zero-order valence-electron chi connectivity index (χ0n) is 13.3. The maximum absolute atomic E-state index is 11.4. The molecule has 0 bridgehead atoms. The van der Waals surface area contributed by atoms with Crippen LogP contribution in [0.4, 0.5) is 0 Å². The van der Waals surface area contributed by atoms with Crippen LogP contribution < -0.4 is 0 Å². The van der Waals surface area contributed by atoms with Crippen LogP contribution in [0.3, 0.4) is 0 Å². The molecule has 0 saturated carbocycles. The van der Waals surface area contributed by atoms with Gasteiger partial charge in [-0.15, -0.1) is 0 Å². The zero-order chi connectivity index (χ0) is 16.7. The molecular formula is C21H17NO2. The van der Waals surface area contributed by atoms with Gasteiger partial charge >= 0.3 is 5.97 Å². The Kier molecular flexibility index (Phi) is 3.35. The van der Waals surface area contributed by atoms with Gasteiger partial charge in [-0.1, -0.05) is 54.1 Å². The van der Waals surface area contributed by atoms with Crippen molar-refractivity contribution in [3.63, 3.8) is 0 Å². The number of carboxylic acid groups (broad SMARTS) is 1. The van der Waals surface area contributed by atoms with Crippen LogP contribution in [0.15, 0.2) is 60.7 Å². The lowest BCUT2D eigenvalue weighted by Gasteiger charge is -2.07. The van der Waals surface area contributed by atoms with Crippen LogP contribution >= 0.6 is 0 Å². The van der Waals surface area contributed by atoms with Gasteiger partial charge in [-0.05, 0) is 35.4 Å². The molecule has 0 amide bonds. The first-order chi connectivity index (χ1) is 11.6. The number of H-pyrrole nitrogens is 1. The van der Waals surface area contributed by atoms with Gasteiger partial charge in [-0.3, -0.25) is 4.79 Å². The van der Waals surface area contributed by atoms with Crippen LogP contribution in [0.5, 0.6) is 0 Å². The molecule has 0 saturated heterocycles. The third-order valence-corrected chi connectivity index (χ3v) is 4.45. The van der Waals surface area contributed by atoms with Gasteiger partial charge in [0.15, 0.2) is 0 Å². The SMILES string of the molecule is Cc1ccc2[nH]c(-c3cccc4ccccc34)c(CC(=O)O)c2c1. The highest BCUT2D eigenvalue weighted by molar-refractivity contribution is 6.02. The van der Waals surface area contributed by atoms with E-state index in [1.165, 1.54) is 0 Å². The standard InChI is InChI=1S/C21H17NO2/c1-13-9-10-19-17(11-13)18(12-20(23)24)21(22-19)16-8-4-6-14-5-2-3-7-15(14)16/h2-11,22H,12H2,1H3,(H,23,24). The maximum atomic E-state index is 11.4. The van der Waals surface area contributed by atoms with E-state index in [1.54, 1.807) is 0 Å². The van der Waals surface area contributed by atoms with E-state index in [-0.39, 0.29) is 6.42 Å². The summed E-state index contributed by atoms with van der Waals surface area (Å²) in [6, 6.07) is 20.4. The highest BCUT2D eigenvalue weighted by Crippen LogP contribution is 2.35. The third kappa shape index (κ3) is 2.35. The van der Waals surface area contributed by atoms with Gasteiger partial charge in [0.2, 0.25) is 0 Å². The van der Waals surface area contributed by atoms with Crippen molar-refractivity contribution in [2.45, 2.75) is 13.3 Å². The highest BCUT2D eigenvalue weighted by atomic mass is 16.4. The number of hydrogen-bond donors (Lipinski definition) is 2. The van der Waals surface area contributed by atoms with E-state index in [4.69, 9.17) is 0 Å². The van der Waals surface area contributed by atoms with Gasteiger partial charge in [0.05, 0.1) is 12.1 Å². The summed E-state index contributed by atoms with van der Waals surface area (Å²) in [5.74, 6) is -0.820. The van der Waals surface area contributed by atoms with E-state index in [2.05, 4.69) is 29.2 Å². The molecule has 0 unspecified atom stereocenters. The Morgan fingerprint density at radius 2 is 1.79 bits per heavy atom. The number of aromatic amines is 1. The Labute approximate surface area is 139 Å². The van der Waals surface area contributed by atoms with Crippen LogP contribution in [0.25, 0.3) is 32.9 Å². The van der Waals surface area contributed by atoms with E-state index in [0.717, 1.165) is 44.1 Å². The van der Waals surface area contributed by atoms with Crippen molar-refractivity contribution in [2.75, 3.05) is 0 Å². The van der Waals surface area contributed by atoms with Gasteiger partial charge in [-0.2, -0.15) is 0 Å². The average Bonchev–Trinajstić information content (AvgIpc) is 2.91. The minimum atomic E-state index is -0.820. The molecule has 0 radical (unpaired) electrons. The monoisotopic (exact) mass is 315 g/mol. The first-order valence-corrected chi connectivity index (χ1v) is 7.94. The molecule has 0 fully saturated rings. The van der Waals surface area contributed by atoms with Gasteiger partial charge in [-0.25, -0.2) is 0 Å². The summed E-state index contributed by atoms with van der Waals surface area (Å²) < 4.78 is 0. The third-order valence-electron chi connectivity index (χ3n) is 4.45. The molecule has 3 heteroatoms. The van der Waals surface area contributed by atoms with Crippen LogP contribution in [-0.2, 0) is 11.2 Å². The molecule has 3 nitrogen and oxygen atoms in total. The predicted octanol–water partition coefficient (Wildman–Crippen LogP) is 4.92. The second-order valence-electron chi connectivity index (χ2n) is 6.12. The molecule has 2 N–H and O–H groups in total. The van der Waals surface area contributed by atoms with Gasteiger partial charge in [0.1, 0.15) is 0 Å². The molecule has 0 aliphatic carbocycles. The fourth-order valence-corrected chi connectivity index (χ4v) is 3.37. The molecule has 0 aliphatic heterocycles. The number of rotatable bonds is 3. The fraction of sp³-hybridized carbons (Fsp3) is 0.0952. The summed E-state index contributed by atoms with van der Waals surface area (Å²) in [6.45, 7) is 2.02. The van der Waals surface area contributed by atoms with Crippen LogP contribution in [0.2, 0.25) is 0 Å². The summed E-state index contributed by atoms with van der Waals surface area (Å²) >= 11 is 0. The molecule has 0 aliphatic rings. The highest BCUT2D eigenvalue weighted by Gasteiger charge is 2.17. The summed E-state index contributed by atoms with van der Waals surface area (Å²) in [5, 5.41) is 12.6. The summed E-state index contributed by atoms with van der Waals surface area (Å²) in [5.41, 5.74) is 4.88. The molecule has 1 heterocycles. The van der Waals surface area contributed by atoms with Crippen molar-refractivity contribution in [3.05, 3.63) is 71.8 Å². The van der Waals surface area contributed by atoms with Crippen LogP contribution in [0, 0.1) is 6.92 Å². The number of benzene rings is 3. The number of aliphatic carboxylic acids is 1. The molecule has 118 valence electrons. The van der Waals surface area contributed by atoms with E-state index >= 15 is 0 Å². The van der Waals surface area contributed by atoms with Crippen molar-refractivity contribution in [1.29, 1.82) is 0 Å². The first-order valence-electron chi connectivity index (χ1n) is 7.94. The number of fused-ring (bicyclic) bond motifs is 2. The van der Waals surface area contributed by atoms with Gasteiger partial charge in [0.25, 0.3) is 0 Å². The van der Waals surface area contributed by atoms with E-state index in [1.807, 2.05) is 43.3 Å². The quantitative estimate of drug-likeness (QED) is 0.563. The van der Waals surface area contributed by atoms with Crippen LogP contribution in [-0.4, -0.2) is 16.1 Å². The molecule has 3 aromatic carbocycles. The largest absolute Gasteiger partial charge is 0.481 e. The Morgan fingerprint density at radius 3 is 2.62 bits per heavy atom. The molecule has 1 aromatic heterocycles. The zero-order valence-corrected chi connectivity index (χ0v) is 13.3. The van der Waals surface area contributed by atoms with Gasteiger partial charge in [0, 0.05) is 16.5 Å². The number of carbonyl (C=O) groups is 1. The van der Waals surface area contributed by atoms with E-state index < -0.39 is 5.97 Å². The molecule has 4 aromatic rings. The Morgan fingerprint density at radius 1 is 1.00 bits per heavy atom. The maximum Gasteiger partial charge on any atom is 0.307 e. The summed E-state index contributed by atoms with van der Waals surface area (Å²) in [7, 11) is 0. The molecular weight excluding hydrogens is 298 g/mol. The van der Waals surface area contributed by atoms with Crippen molar-refractivity contribution in [3.8, 4) is 11.3 Å². The number of nitrogens with one attached hydrogen (secondary N) is 1. The lowest BCUT2D eigenvalue weighted by Crippen LogP contribution is -2.01. The molecule has 0 atom stereocenters. The lowest BCUT2D eigenvalue weighted by molar-refractivity contribution is -0.136. The lowest BCUT2D eigenvalue weighted by atomic mass is 9.97. The molecule has 0 spiro atoms. The number of aryl methyl sites for hydroxylation is 1. The van der Waals surface area contributed by atoms with E-state index in [9.17, 15) is 9.90 Å². The van der Waals surface area contributed by atoms with Crippen LogP contribution in [0.1, 0.15) is 11.1 Å². The molecule has 24 heavy (non-hydrogen) atoms. The Bertz CT molecular complexity index is 1070. The number of carboxylic acids is 1. The first kappa shape index (κ1) is 14.5. The average molecular weight is 315 g/mol. The van der Waals surface area contributed by atoms with Crippen molar-refractivity contribution >= 4 is 27.6 Å². The Hall–Kier alpha value is -3.07. The second-order valence-corrected chi connectivity index (χ2v) is 6.12. The summed E-state index contributed by atoms with van der Waals surface area (Å²) in [4.78, 5) is 14.9. The Balaban J connectivity index is 2.06. The molecule has 4 rings (SSSR count). The van der Waals surface area contributed by atoms with E-state index in [0.29, 0.717) is 0 Å². The van der Waals surface area contributed by atoms with Crippen molar-refractivity contribution in [2.24, 2.45) is 0 Å². The van der Waals surface area contributed by atoms with Crippen molar-refractivity contribution in [1.82, 2.24) is 4.98 Å². The topological polar surface area (TPSA) is 53.1 Å².